The number of hydrogen-bond donors (Lipinski definition) is 1. The van der Waals surface area contributed by atoms with Gasteiger partial charge in [-0.05, 0) is 73.2 Å². The van der Waals surface area contributed by atoms with E-state index in [1.54, 1.807) is 23.2 Å². The van der Waals surface area contributed by atoms with E-state index in [4.69, 9.17) is 0 Å². The van der Waals surface area contributed by atoms with Gasteiger partial charge in [0.1, 0.15) is 0 Å². The van der Waals surface area contributed by atoms with E-state index in [2.05, 4.69) is 28.2 Å². The molecule has 4 rings (SSSR count). The third-order valence-corrected chi connectivity index (χ3v) is 6.54. The Kier molecular flexibility index (Phi) is 10.7. The van der Waals surface area contributed by atoms with Crippen LogP contribution in [0.25, 0.3) is 0 Å². The number of anilines is 2. The zero-order chi connectivity index (χ0) is 29.3. The van der Waals surface area contributed by atoms with E-state index < -0.39 is 17.6 Å². The van der Waals surface area contributed by atoms with Crippen LogP contribution in [0, 0.1) is 6.92 Å². The van der Waals surface area contributed by atoms with E-state index in [0.717, 1.165) is 66.9 Å². The SMILES string of the molecule is CCCC(=O)N(C)CCC.Cc1cncc(CN2CCc3ccc(C(=O)Nc4cccc(C(F)(F)F)c4)cc32)c1. The Morgan fingerprint density at radius 2 is 1.82 bits per heavy atom. The molecule has 2 heterocycles. The molecule has 3 aromatic rings. The van der Waals surface area contributed by atoms with Crippen molar-refractivity contribution in [3.8, 4) is 0 Å². The van der Waals surface area contributed by atoms with Gasteiger partial charge in [0.2, 0.25) is 5.91 Å². The lowest BCUT2D eigenvalue weighted by Crippen LogP contribution is -2.26. The lowest BCUT2D eigenvalue weighted by Gasteiger charge is -2.20. The van der Waals surface area contributed by atoms with Gasteiger partial charge in [-0.3, -0.25) is 14.6 Å². The summed E-state index contributed by atoms with van der Waals surface area (Å²) in [5.41, 5.74) is 3.99. The van der Waals surface area contributed by atoms with Crippen LogP contribution in [0.3, 0.4) is 0 Å². The van der Waals surface area contributed by atoms with Crippen LogP contribution < -0.4 is 10.2 Å². The van der Waals surface area contributed by atoms with E-state index in [1.165, 1.54) is 12.1 Å². The number of carbonyl (C=O) groups is 2. The highest BCUT2D eigenvalue weighted by molar-refractivity contribution is 6.05. The zero-order valence-electron chi connectivity index (χ0n) is 23.5. The summed E-state index contributed by atoms with van der Waals surface area (Å²) >= 11 is 0. The van der Waals surface area contributed by atoms with Crippen LogP contribution in [0.5, 0.6) is 0 Å². The summed E-state index contributed by atoms with van der Waals surface area (Å²) in [5.74, 6) is -0.175. The number of nitrogens with zero attached hydrogens (tertiary/aromatic N) is 3. The second-order valence-corrected chi connectivity index (χ2v) is 9.98. The van der Waals surface area contributed by atoms with Crippen LogP contribution >= 0.6 is 0 Å². The molecule has 0 unspecified atom stereocenters. The van der Waals surface area contributed by atoms with Crippen molar-refractivity contribution in [2.24, 2.45) is 0 Å². The standard InChI is InChI=1S/C23H20F3N3O.C8H17NO/c1-15-9-16(13-27-12-15)14-29-8-7-17-5-6-18(10-21(17)29)22(30)28-20-4-2-3-19(11-20)23(24,25)26;1-4-6-8(10)9(3)7-5-2/h2-6,9-13H,7-8,14H2,1H3,(H,28,30);4-7H2,1-3H3. The number of amides is 2. The van der Waals surface area contributed by atoms with E-state index in [1.807, 2.05) is 33.2 Å². The van der Waals surface area contributed by atoms with E-state index in [-0.39, 0.29) is 11.6 Å². The van der Waals surface area contributed by atoms with E-state index in [9.17, 15) is 22.8 Å². The average molecular weight is 555 g/mol. The largest absolute Gasteiger partial charge is 0.416 e. The number of hydrogen-bond acceptors (Lipinski definition) is 4. The maximum Gasteiger partial charge on any atom is 0.416 e. The zero-order valence-corrected chi connectivity index (χ0v) is 23.5. The summed E-state index contributed by atoms with van der Waals surface area (Å²) in [4.78, 5) is 31.9. The summed E-state index contributed by atoms with van der Waals surface area (Å²) in [6.45, 7) is 8.50. The van der Waals surface area contributed by atoms with Gasteiger partial charge in [0.15, 0.2) is 0 Å². The van der Waals surface area contributed by atoms with Crippen LogP contribution in [0.1, 0.15) is 65.7 Å². The number of halogens is 3. The quantitative estimate of drug-likeness (QED) is 0.330. The topological polar surface area (TPSA) is 65.5 Å². The molecule has 2 aromatic carbocycles. The third kappa shape index (κ3) is 8.56. The highest BCUT2D eigenvalue weighted by atomic mass is 19.4. The molecule has 0 saturated carbocycles. The van der Waals surface area contributed by atoms with Crippen molar-refractivity contribution in [1.82, 2.24) is 9.88 Å². The molecule has 40 heavy (non-hydrogen) atoms. The fourth-order valence-corrected chi connectivity index (χ4v) is 4.52. The van der Waals surface area contributed by atoms with E-state index >= 15 is 0 Å². The molecule has 2 amide bonds. The van der Waals surface area contributed by atoms with Crippen molar-refractivity contribution < 1.29 is 22.8 Å². The van der Waals surface area contributed by atoms with Gasteiger partial charge in [-0.1, -0.05) is 32.0 Å². The first-order valence-corrected chi connectivity index (χ1v) is 13.5. The smallest absolute Gasteiger partial charge is 0.367 e. The van der Waals surface area contributed by atoms with Crippen molar-refractivity contribution in [2.75, 3.05) is 30.4 Å². The van der Waals surface area contributed by atoms with Gasteiger partial charge in [-0.2, -0.15) is 13.2 Å². The first kappa shape index (κ1) is 30.7. The molecular formula is C31H37F3N4O2. The molecule has 0 radical (unpaired) electrons. The minimum absolute atomic E-state index is 0.109. The Morgan fingerprint density at radius 3 is 2.50 bits per heavy atom. The van der Waals surface area contributed by atoms with Crippen molar-refractivity contribution in [3.63, 3.8) is 0 Å². The number of rotatable bonds is 8. The third-order valence-electron chi connectivity index (χ3n) is 6.54. The predicted octanol–water partition coefficient (Wildman–Crippen LogP) is 6.88. The molecule has 214 valence electrons. The average Bonchev–Trinajstić information content (AvgIpc) is 3.31. The summed E-state index contributed by atoms with van der Waals surface area (Å²) in [7, 11) is 1.86. The van der Waals surface area contributed by atoms with Gasteiger partial charge in [-0.25, -0.2) is 0 Å². The van der Waals surface area contributed by atoms with Crippen LogP contribution in [0.15, 0.2) is 60.9 Å². The maximum absolute atomic E-state index is 12.9. The predicted molar refractivity (Wildman–Crippen MR) is 152 cm³/mol. The molecule has 0 bridgehead atoms. The molecule has 1 aromatic heterocycles. The summed E-state index contributed by atoms with van der Waals surface area (Å²) < 4.78 is 38.7. The lowest BCUT2D eigenvalue weighted by molar-refractivity contribution is -0.137. The monoisotopic (exact) mass is 554 g/mol. The van der Waals surface area contributed by atoms with Crippen molar-refractivity contribution in [1.29, 1.82) is 0 Å². The Labute approximate surface area is 234 Å². The minimum Gasteiger partial charge on any atom is -0.367 e. The maximum atomic E-state index is 12.9. The van der Waals surface area contributed by atoms with Crippen LogP contribution in [0.4, 0.5) is 24.5 Å². The van der Waals surface area contributed by atoms with Gasteiger partial charge in [-0.15, -0.1) is 0 Å². The second-order valence-electron chi connectivity index (χ2n) is 9.98. The van der Waals surface area contributed by atoms with Crippen molar-refractivity contribution in [3.05, 3.63) is 88.7 Å². The van der Waals surface area contributed by atoms with Gasteiger partial charge in [0, 0.05) is 62.4 Å². The highest BCUT2D eigenvalue weighted by Crippen LogP contribution is 2.32. The van der Waals surface area contributed by atoms with Gasteiger partial charge >= 0.3 is 6.18 Å². The number of alkyl halides is 3. The molecule has 9 heteroatoms. The Balaban J connectivity index is 0.000000378. The molecule has 0 spiro atoms. The molecule has 1 aliphatic heterocycles. The summed E-state index contributed by atoms with van der Waals surface area (Å²) in [6.07, 6.45) is 2.74. The Hall–Kier alpha value is -3.88. The fourth-order valence-electron chi connectivity index (χ4n) is 4.52. The summed E-state index contributed by atoms with van der Waals surface area (Å²) in [6, 6.07) is 12.1. The van der Waals surface area contributed by atoms with Gasteiger partial charge in [0.25, 0.3) is 5.91 Å². The molecule has 1 N–H and O–H groups in total. The second kappa shape index (κ2) is 14.0. The highest BCUT2D eigenvalue weighted by Gasteiger charge is 2.30. The molecule has 0 fully saturated rings. The number of benzene rings is 2. The molecule has 6 nitrogen and oxygen atoms in total. The lowest BCUT2D eigenvalue weighted by atomic mass is 10.1. The van der Waals surface area contributed by atoms with Gasteiger partial charge in [0.05, 0.1) is 5.56 Å². The summed E-state index contributed by atoms with van der Waals surface area (Å²) in [5, 5.41) is 2.57. The normalized spacial score (nSPS) is 12.3. The Morgan fingerprint density at radius 1 is 1.05 bits per heavy atom. The first-order chi connectivity index (χ1) is 19.0. The fraction of sp³-hybridized carbons (Fsp3) is 0.387. The number of aryl methyl sites for hydroxylation is 1. The molecule has 1 aliphatic rings. The van der Waals surface area contributed by atoms with Crippen LogP contribution in [-0.2, 0) is 23.9 Å². The number of aromatic nitrogens is 1. The number of pyridine rings is 1. The Bertz CT molecular complexity index is 1310. The number of fused-ring (bicyclic) bond motifs is 1. The molecular weight excluding hydrogens is 517 g/mol. The molecule has 0 atom stereocenters. The van der Waals surface area contributed by atoms with Crippen molar-refractivity contribution >= 4 is 23.2 Å². The van der Waals surface area contributed by atoms with Crippen LogP contribution in [0.2, 0.25) is 0 Å². The number of nitrogens with one attached hydrogen (secondary N) is 1. The molecule has 0 aliphatic carbocycles. The number of carbonyl (C=O) groups excluding carboxylic acids is 2. The molecule has 0 saturated heterocycles. The minimum atomic E-state index is -4.46. The van der Waals surface area contributed by atoms with E-state index in [0.29, 0.717) is 18.5 Å². The van der Waals surface area contributed by atoms with Gasteiger partial charge < -0.3 is 15.1 Å². The van der Waals surface area contributed by atoms with Crippen molar-refractivity contribution in [2.45, 2.75) is 59.2 Å². The first-order valence-electron chi connectivity index (χ1n) is 13.5. The van der Waals surface area contributed by atoms with Crippen LogP contribution in [-0.4, -0.2) is 41.8 Å².